The lowest BCUT2D eigenvalue weighted by Gasteiger charge is -2.17. The Kier molecular flexibility index (Phi) is 4.53. The van der Waals surface area contributed by atoms with Gasteiger partial charge in [0, 0.05) is 0 Å². The van der Waals surface area contributed by atoms with Gasteiger partial charge in [-0.15, -0.1) is 0 Å². The maximum atomic E-state index is 11.4. The highest BCUT2D eigenvalue weighted by atomic mass is 16.1. The Labute approximate surface area is 97.9 Å². The number of rotatable bonds is 5. The van der Waals surface area contributed by atoms with E-state index >= 15 is 0 Å². The Balaban J connectivity index is 3.19. The standard InChI is InChI=1S/C14H21NO/c1-4-7-12-10(3)8-6-9-13(12)11(5-2)14(15)16/h6,8-9,11H,4-5,7H2,1-3H3,(H2,15,16). The number of nitrogens with two attached hydrogens (primary N) is 1. The fourth-order valence-electron chi connectivity index (χ4n) is 2.22. The van der Waals surface area contributed by atoms with Crippen molar-refractivity contribution in [1.82, 2.24) is 0 Å². The molecule has 1 unspecified atom stereocenters. The molecule has 1 atom stereocenters. The van der Waals surface area contributed by atoms with Crippen LogP contribution in [0.25, 0.3) is 0 Å². The number of primary amides is 1. The van der Waals surface area contributed by atoms with Gasteiger partial charge in [0.05, 0.1) is 5.92 Å². The molecule has 0 aliphatic carbocycles. The zero-order valence-corrected chi connectivity index (χ0v) is 10.4. The maximum Gasteiger partial charge on any atom is 0.224 e. The van der Waals surface area contributed by atoms with Gasteiger partial charge in [-0.2, -0.15) is 0 Å². The van der Waals surface area contributed by atoms with Crippen molar-refractivity contribution >= 4 is 5.91 Å². The summed E-state index contributed by atoms with van der Waals surface area (Å²) in [7, 11) is 0. The van der Waals surface area contributed by atoms with Crippen LogP contribution in [0.1, 0.15) is 49.3 Å². The molecule has 0 fully saturated rings. The van der Waals surface area contributed by atoms with E-state index in [-0.39, 0.29) is 11.8 Å². The van der Waals surface area contributed by atoms with Gasteiger partial charge >= 0.3 is 0 Å². The Morgan fingerprint density at radius 3 is 2.56 bits per heavy atom. The van der Waals surface area contributed by atoms with Crippen LogP contribution in [0.4, 0.5) is 0 Å². The third kappa shape index (κ3) is 2.63. The maximum absolute atomic E-state index is 11.4. The fraction of sp³-hybridized carbons (Fsp3) is 0.500. The average Bonchev–Trinajstić information content (AvgIpc) is 2.23. The highest BCUT2D eigenvalue weighted by Crippen LogP contribution is 2.26. The van der Waals surface area contributed by atoms with E-state index in [9.17, 15) is 4.79 Å². The molecule has 0 bridgehead atoms. The van der Waals surface area contributed by atoms with E-state index in [0.717, 1.165) is 24.8 Å². The zero-order valence-electron chi connectivity index (χ0n) is 10.4. The largest absolute Gasteiger partial charge is 0.369 e. The summed E-state index contributed by atoms with van der Waals surface area (Å²) in [6.07, 6.45) is 2.88. The number of aryl methyl sites for hydroxylation is 1. The van der Waals surface area contributed by atoms with Gasteiger partial charge in [-0.25, -0.2) is 0 Å². The molecule has 2 N–H and O–H groups in total. The predicted molar refractivity (Wildman–Crippen MR) is 67.4 cm³/mol. The van der Waals surface area contributed by atoms with Crippen molar-refractivity contribution < 1.29 is 4.79 Å². The lowest BCUT2D eigenvalue weighted by Crippen LogP contribution is -2.22. The van der Waals surface area contributed by atoms with Gasteiger partial charge in [0.15, 0.2) is 0 Å². The summed E-state index contributed by atoms with van der Waals surface area (Å²) in [6.45, 7) is 6.26. The number of hydrogen-bond donors (Lipinski definition) is 1. The molecule has 2 nitrogen and oxygen atoms in total. The Bertz CT molecular complexity index is 371. The molecule has 16 heavy (non-hydrogen) atoms. The van der Waals surface area contributed by atoms with Gasteiger partial charge in [0.2, 0.25) is 5.91 Å². The van der Waals surface area contributed by atoms with Crippen LogP contribution in [0.15, 0.2) is 18.2 Å². The van der Waals surface area contributed by atoms with Crippen LogP contribution in [0, 0.1) is 6.92 Å². The highest BCUT2D eigenvalue weighted by Gasteiger charge is 2.19. The second kappa shape index (κ2) is 5.69. The molecule has 0 aromatic heterocycles. The van der Waals surface area contributed by atoms with Gasteiger partial charge < -0.3 is 5.73 Å². The van der Waals surface area contributed by atoms with Crippen molar-refractivity contribution in [2.45, 2.75) is 46.0 Å². The predicted octanol–water partition coefficient (Wildman–Crippen LogP) is 2.93. The van der Waals surface area contributed by atoms with Crippen LogP contribution < -0.4 is 5.73 Å². The molecule has 0 saturated carbocycles. The molecule has 1 rings (SSSR count). The molecule has 0 heterocycles. The summed E-state index contributed by atoms with van der Waals surface area (Å²) < 4.78 is 0. The molecule has 0 radical (unpaired) electrons. The lowest BCUT2D eigenvalue weighted by atomic mass is 9.87. The van der Waals surface area contributed by atoms with E-state index in [1.807, 2.05) is 19.1 Å². The van der Waals surface area contributed by atoms with Crippen LogP contribution in [0.2, 0.25) is 0 Å². The molecule has 0 aliphatic heterocycles. The number of carbonyl (C=O) groups is 1. The minimum absolute atomic E-state index is 0.138. The number of carbonyl (C=O) groups excluding carboxylic acids is 1. The van der Waals surface area contributed by atoms with Gasteiger partial charge in [0.1, 0.15) is 0 Å². The molecule has 0 aliphatic rings. The van der Waals surface area contributed by atoms with Crippen LogP contribution in [0.3, 0.4) is 0 Å². The van der Waals surface area contributed by atoms with Crippen molar-refractivity contribution in [1.29, 1.82) is 0 Å². The summed E-state index contributed by atoms with van der Waals surface area (Å²) in [5, 5.41) is 0. The molecule has 1 aromatic carbocycles. The third-order valence-corrected chi connectivity index (χ3v) is 3.07. The van der Waals surface area contributed by atoms with E-state index in [1.165, 1.54) is 11.1 Å². The first-order chi connectivity index (χ1) is 7.61. The lowest BCUT2D eigenvalue weighted by molar-refractivity contribution is -0.119. The normalized spacial score (nSPS) is 12.4. The van der Waals surface area contributed by atoms with Gasteiger partial charge in [-0.1, -0.05) is 38.5 Å². The minimum Gasteiger partial charge on any atom is -0.369 e. The molecule has 0 saturated heterocycles. The van der Waals surface area contributed by atoms with Gasteiger partial charge in [-0.3, -0.25) is 4.79 Å². The second-order valence-corrected chi connectivity index (χ2v) is 4.26. The Morgan fingerprint density at radius 2 is 2.06 bits per heavy atom. The monoisotopic (exact) mass is 219 g/mol. The van der Waals surface area contributed by atoms with Crippen molar-refractivity contribution in [3.63, 3.8) is 0 Å². The molecular formula is C14H21NO. The summed E-state index contributed by atoms with van der Waals surface area (Å²) in [6, 6.07) is 6.15. The van der Waals surface area contributed by atoms with E-state index in [2.05, 4.69) is 19.9 Å². The molecule has 2 heteroatoms. The summed E-state index contributed by atoms with van der Waals surface area (Å²) in [4.78, 5) is 11.4. The molecule has 1 aromatic rings. The SMILES string of the molecule is CCCc1c(C)cccc1C(CC)C(N)=O. The van der Waals surface area contributed by atoms with Gasteiger partial charge in [0.25, 0.3) is 0 Å². The van der Waals surface area contributed by atoms with Crippen LogP contribution in [0.5, 0.6) is 0 Å². The molecular weight excluding hydrogens is 198 g/mol. The van der Waals surface area contributed by atoms with Gasteiger partial charge in [-0.05, 0) is 36.5 Å². The number of amides is 1. The van der Waals surface area contributed by atoms with Crippen molar-refractivity contribution in [2.24, 2.45) is 5.73 Å². The van der Waals surface area contributed by atoms with Crippen molar-refractivity contribution in [2.75, 3.05) is 0 Å². The van der Waals surface area contributed by atoms with E-state index in [4.69, 9.17) is 5.73 Å². The van der Waals surface area contributed by atoms with E-state index in [1.54, 1.807) is 0 Å². The second-order valence-electron chi connectivity index (χ2n) is 4.26. The van der Waals surface area contributed by atoms with Crippen LogP contribution in [-0.2, 0) is 11.2 Å². The first-order valence-electron chi connectivity index (χ1n) is 5.99. The van der Waals surface area contributed by atoms with Crippen LogP contribution in [-0.4, -0.2) is 5.91 Å². The van der Waals surface area contributed by atoms with E-state index in [0.29, 0.717) is 0 Å². The Morgan fingerprint density at radius 1 is 1.38 bits per heavy atom. The van der Waals surface area contributed by atoms with E-state index < -0.39 is 0 Å². The highest BCUT2D eigenvalue weighted by molar-refractivity contribution is 5.82. The summed E-state index contributed by atoms with van der Waals surface area (Å²) >= 11 is 0. The fourth-order valence-corrected chi connectivity index (χ4v) is 2.22. The Hall–Kier alpha value is -1.31. The molecule has 0 spiro atoms. The molecule has 1 amide bonds. The number of hydrogen-bond acceptors (Lipinski definition) is 1. The topological polar surface area (TPSA) is 43.1 Å². The average molecular weight is 219 g/mol. The van der Waals surface area contributed by atoms with Crippen LogP contribution >= 0.6 is 0 Å². The summed E-state index contributed by atoms with van der Waals surface area (Å²) in [5.74, 6) is -0.355. The minimum atomic E-state index is -0.217. The zero-order chi connectivity index (χ0) is 12.1. The summed E-state index contributed by atoms with van der Waals surface area (Å²) in [5.41, 5.74) is 9.14. The number of benzene rings is 1. The quantitative estimate of drug-likeness (QED) is 0.813. The van der Waals surface area contributed by atoms with Crippen molar-refractivity contribution in [3.05, 3.63) is 34.9 Å². The first kappa shape index (κ1) is 12.8. The first-order valence-corrected chi connectivity index (χ1v) is 5.99. The molecule has 88 valence electrons. The third-order valence-electron chi connectivity index (χ3n) is 3.07. The smallest absolute Gasteiger partial charge is 0.224 e. The van der Waals surface area contributed by atoms with Crippen molar-refractivity contribution in [3.8, 4) is 0 Å².